The predicted octanol–water partition coefficient (Wildman–Crippen LogP) is 10.5. The van der Waals surface area contributed by atoms with Crippen LogP contribution in [0.2, 0.25) is 10.0 Å². The molecule has 0 bridgehead atoms. The highest BCUT2D eigenvalue weighted by atomic mass is 35.5. The van der Waals surface area contributed by atoms with Gasteiger partial charge in [0.05, 0.1) is 58.1 Å². The Hall–Kier alpha value is -7.02. The summed E-state index contributed by atoms with van der Waals surface area (Å²) in [7, 11) is 5.46. The molecule has 2 N–H and O–H groups in total. The van der Waals surface area contributed by atoms with E-state index in [1.807, 2.05) is 79.7 Å². The van der Waals surface area contributed by atoms with Crippen molar-refractivity contribution >= 4 is 86.0 Å². The van der Waals surface area contributed by atoms with Crippen molar-refractivity contribution in [2.75, 3.05) is 36.4 Å². The van der Waals surface area contributed by atoms with Crippen LogP contribution in [0.1, 0.15) is 29.9 Å². The monoisotopic (exact) mass is 904 g/mol. The second-order valence-electron chi connectivity index (χ2n) is 17.1. The number of hydrogen-bond acceptors (Lipinski definition) is 10. The smallest absolute Gasteiger partial charge is 0.260 e. The zero-order valence-corrected chi connectivity index (χ0v) is 37.0. The first kappa shape index (κ1) is 42.0. The SMILES string of the molecule is COc1ccc([C@@]23C(=O)N(Nc4ccc(Cl)cc4Cl)C(=O)[C@@H]2C[C@@H]2C(=CC[C@@H]4C(=O)N(c5ccc(N=Nc6ccc(N(C)C)cc6)cc5)C(=O)[C@@H]42)[C@@H]3c2c(O)ccc3ccccc23)cc1. The van der Waals surface area contributed by atoms with Gasteiger partial charge in [0.1, 0.15) is 11.5 Å². The number of amides is 4. The van der Waals surface area contributed by atoms with Crippen molar-refractivity contribution in [1.29, 1.82) is 0 Å². The lowest BCUT2D eigenvalue weighted by atomic mass is 9.48. The van der Waals surface area contributed by atoms with Gasteiger partial charge in [-0.15, -0.1) is 0 Å². The van der Waals surface area contributed by atoms with Crippen LogP contribution in [0.15, 0.2) is 149 Å². The van der Waals surface area contributed by atoms with E-state index in [0.29, 0.717) is 49.9 Å². The lowest BCUT2D eigenvalue weighted by molar-refractivity contribution is -0.138. The van der Waals surface area contributed by atoms with Crippen LogP contribution in [0.25, 0.3) is 10.8 Å². The molecule has 2 aliphatic heterocycles. The number of nitrogens with zero attached hydrogens (tertiary/aromatic N) is 5. The summed E-state index contributed by atoms with van der Waals surface area (Å²) in [5, 5.41) is 23.9. The highest BCUT2D eigenvalue weighted by Crippen LogP contribution is 2.66. The van der Waals surface area contributed by atoms with Gasteiger partial charge >= 0.3 is 0 Å². The number of phenolic OH excluding ortho intramolecular Hbond substituents is 1. The molecular formula is C51H42Cl2N6O6. The summed E-state index contributed by atoms with van der Waals surface area (Å²) in [5.74, 6) is -5.71. The number of hydrogen-bond donors (Lipinski definition) is 2. The van der Waals surface area contributed by atoms with Crippen LogP contribution in [-0.4, -0.2) is 54.9 Å². The summed E-state index contributed by atoms with van der Waals surface area (Å²) in [6.45, 7) is 0. The largest absolute Gasteiger partial charge is 0.508 e. The third-order valence-electron chi connectivity index (χ3n) is 13.6. The van der Waals surface area contributed by atoms with Crippen molar-refractivity contribution in [2.45, 2.75) is 24.2 Å². The van der Waals surface area contributed by atoms with Gasteiger partial charge in [0.2, 0.25) is 11.8 Å². The van der Waals surface area contributed by atoms with Crippen molar-refractivity contribution in [3.8, 4) is 11.5 Å². The van der Waals surface area contributed by atoms with Crippen LogP contribution >= 0.6 is 23.2 Å². The second-order valence-corrected chi connectivity index (χ2v) is 17.9. The number of carbonyl (C=O) groups is 4. The van der Waals surface area contributed by atoms with Crippen LogP contribution < -0.4 is 20.0 Å². The zero-order chi connectivity index (χ0) is 45.3. The van der Waals surface area contributed by atoms with Crippen LogP contribution in [0.3, 0.4) is 0 Å². The molecule has 0 radical (unpaired) electrons. The Bertz CT molecular complexity index is 2990. The van der Waals surface area contributed by atoms with E-state index in [-0.39, 0.29) is 35.2 Å². The number of methoxy groups -OCH3 is 1. The third kappa shape index (κ3) is 6.73. The van der Waals surface area contributed by atoms with Gasteiger partial charge in [-0.25, -0.2) is 0 Å². The maximum absolute atomic E-state index is 15.8. The van der Waals surface area contributed by atoms with Crippen LogP contribution in [0, 0.1) is 23.7 Å². The summed E-state index contributed by atoms with van der Waals surface area (Å²) in [5.41, 5.74) is 5.94. The van der Waals surface area contributed by atoms with Gasteiger partial charge in [-0.1, -0.05) is 77.3 Å². The maximum atomic E-state index is 15.8. The van der Waals surface area contributed by atoms with E-state index in [9.17, 15) is 14.7 Å². The number of anilines is 3. The van der Waals surface area contributed by atoms with Gasteiger partial charge in [0, 0.05) is 36.3 Å². The highest BCUT2D eigenvalue weighted by Gasteiger charge is 2.71. The van der Waals surface area contributed by atoms with Crippen molar-refractivity contribution < 1.29 is 29.0 Å². The summed E-state index contributed by atoms with van der Waals surface area (Å²) >= 11 is 12.9. The van der Waals surface area contributed by atoms with Crippen LogP contribution in [0.5, 0.6) is 11.5 Å². The minimum absolute atomic E-state index is 0.0554. The number of ether oxygens (including phenoxy) is 1. The maximum Gasteiger partial charge on any atom is 0.260 e. The van der Waals surface area contributed by atoms with E-state index in [0.717, 1.165) is 16.1 Å². The fourth-order valence-electron chi connectivity index (χ4n) is 10.6. The molecule has 0 unspecified atom stereocenters. The average molecular weight is 906 g/mol. The third-order valence-corrected chi connectivity index (χ3v) is 14.1. The number of azo groups is 1. The molecule has 2 saturated heterocycles. The summed E-state index contributed by atoms with van der Waals surface area (Å²) < 4.78 is 5.54. The molecule has 2 aliphatic carbocycles. The molecule has 3 fully saturated rings. The number of phenols is 1. The Morgan fingerprint density at radius 2 is 1.48 bits per heavy atom. The molecule has 0 aromatic heterocycles. The topological polar surface area (TPSA) is 144 Å². The number of halogens is 2. The van der Waals surface area contributed by atoms with Crippen molar-refractivity contribution in [2.24, 2.45) is 33.9 Å². The molecule has 10 rings (SSSR count). The van der Waals surface area contributed by atoms with E-state index in [2.05, 4.69) is 15.7 Å². The van der Waals surface area contributed by atoms with Gasteiger partial charge in [0.15, 0.2) is 0 Å². The fourth-order valence-corrected chi connectivity index (χ4v) is 11.1. The molecule has 14 heteroatoms. The molecule has 2 heterocycles. The van der Waals surface area contributed by atoms with Gasteiger partial charge < -0.3 is 14.7 Å². The highest BCUT2D eigenvalue weighted by molar-refractivity contribution is 6.36. The molecule has 4 amide bonds. The van der Waals surface area contributed by atoms with Gasteiger partial charge in [0.25, 0.3) is 11.8 Å². The lowest BCUT2D eigenvalue weighted by Gasteiger charge is -2.51. The minimum atomic E-state index is -1.66. The second kappa shape index (κ2) is 16.2. The van der Waals surface area contributed by atoms with Gasteiger partial charge in [-0.05, 0) is 120 Å². The Morgan fingerprint density at radius 1 is 0.785 bits per heavy atom. The first-order valence-electron chi connectivity index (χ1n) is 21.2. The first-order valence-corrected chi connectivity index (χ1v) is 22.0. The van der Waals surface area contributed by atoms with Crippen molar-refractivity contribution in [1.82, 2.24) is 5.01 Å². The van der Waals surface area contributed by atoms with Gasteiger partial charge in [-0.3, -0.25) is 29.5 Å². The number of hydrazine groups is 1. The Labute approximate surface area is 384 Å². The van der Waals surface area contributed by atoms with Crippen molar-refractivity contribution in [3.63, 3.8) is 0 Å². The first-order chi connectivity index (χ1) is 31.4. The molecule has 1 saturated carbocycles. The standard InChI is InChI=1S/C51H42Cl2N6O6/c1-57(2)33-16-12-31(13-17-33)54-55-32-14-18-34(19-15-32)58-47(61)38-23-22-37-39(44(38)49(58)63)27-40-48(62)59(56-42-24-11-30(52)26-41(42)53)50(64)51(40,29-9-20-35(65-3)21-10-29)46(37)45-36-7-5-4-6-28(36)8-25-43(45)60/h4-22,24-26,38-40,44,46,56,60H,23,27H2,1-3H3/t38-,39+,40-,44-,46+,51+/m0/s1. The van der Waals surface area contributed by atoms with E-state index in [4.69, 9.17) is 27.9 Å². The Kier molecular flexibility index (Phi) is 10.5. The van der Waals surface area contributed by atoms with Gasteiger partial charge in [-0.2, -0.15) is 15.2 Å². The molecule has 6 atom stereocenters. The Morgan fingerprint density at radius 3 is 2.15 bits per heavy atom. The number of aromatic hydroxyl groups is 1. The molecule has 326 valence electrons. The number of benzene rings is 6. The summed E-state index contributed by atoms with van der Waals surface area (Å²) in [6.07, 6.45) is 2.22. The van der Waals surface area contributed by atoms with E-state index in [1.165, 1.54) is 11.0 Å². The number of fused-ring (bicyclic) bond motifs is 5. The van der Waals surface area contributed by atoms with Crippen LogP contribution in [0.4, 0.5) is 28.4 Å². The summed E-state index contributed by atoms with van der Waals surface area (Å²) in [4.78, 5) is 63.8. The van der Waals surface area contributed by atoms with Crippen molar-refractivity contribution in [3.05, 3.63) is 160 Å². The molecule has 0 spiro atoms. The summed E-state index contributed by atoms with van der Waals surface area (Å²) in [6, 6.07) is 37.1. The van der Waals surface area contributed by atoms with E-state index >= 15 is 9.59 Å². The molecule has 65 heavy (non-hydrogen) atoms. The quantitative estimate of drug-likeness (QED) is 0.0829. The van der Waals surface area contributed by atoms with E-state index < -0.39 is 52.7 Å². The minimum Gasteiger partial charge on any atom is -0.508 e. The molecule has 12 nitrogen and oxygen atoms in total. The Balaban J connectivity index is 1.09. The number of allylic oxidation sites excluding steroid dienone is 2. The molecule has 6 aromatic carbocycles. The molecule has 4 aliphatic rings. The zero-order valence-electron chi connectivity index (χ0n) is 35.5. The normalized spacial score (nSPS) is 23.7. The number of rotatable bonds is 9. The number of imide groups is 2. The molecular weight excluding hydrogens is 864 g/mol. The lowest BCUT2D eigenvalue weighted by Crippen LogP contribution is -2.53. The number of carbonyl (C=O) groups excluding carboxylic acids is 4. The predicted molar refractivity (Wildman–Crippen MR) is 250 cm³/mol. The van der Waals surface area contributed by atoms with Crippen LogP contribution in [-0.2, 0) is 24.6 Å². The average Bonchev–Trinajstić information content (AvgIpc) is 3.70. The van der Waals surface area contributed by atoms with E-state index in [1.54, 1.807) is 73.8 Å². The fraction of sp³-hybridized carbons (Fsp3) is 0.216. The number of nitrogens with one attached hydrogen (secondary N) is 1. The molecule has 6 aromatic rings.